The molecule has 3 rings (SSSR count). The molecule has 0 aromatic carbocycles. The minimum atomic E-state index is -0.712. The van der Waals surface area contributed by atoms with E-state index in [0.717, 1.165) is 50.6 Å². The zero-order chi connectivity index (χ0) is 12.7. The third kappa shape index (κ3) is 2.38. The number of carbonyl (C=O) groups excluding carboxylic acids is 1. The predicted octanol–water partition coefficient (Wildman–Crippen LogP) is 1.75. The Morgan fingerprint density at radius 3 is 2.22 bits per heavy atom. The van der Waals surface area contributed by atoms with E-state index in [1.807, 2.05) is 4.90 Å². The van der Waals surface area contributed by atoms with Crippen molar-refractivity contribution in [3.8, 4) is 0 Å². The highest BCUT2D eigenvalue weighted by Gasteiger charge is 2.48. The smallest absolute Gasteiger partial charge is 0.303 e. The van der Waals surface area contributed by atoms with Gasteiger partial charge in [0, 0.05) is 25.4 Å². The summed E-state index contributed by atoms with van der Waals surface area (Å²) in [5.74, 6) is 1.88. The fraction of sp³-hybridized carbons (Fsp3) is 0.857. The number of amides is 1. The number of carbonyl (C=O) groups is 2. The lowest BCUT2D eigenvalue weighted by Crippen LogP contribution is -2.41. The van der Waals surface area contributed by atoms with E-state index in [-0.39, 0.29) is 18.3 Å². The van der Waals surface area contributed by atoms with Gasteiger partial charge < -0.3 is 10.0 Å². The lowest BCUT2D eigenvalue weighted by molar-refractivity contribution is -0.139. The Morgan fingerprint density at radius 2 is 1.67 bits per heavy atom. The van der Waals surface area contributed by atoms with Crippen molar-refractivity contribution in [2.75, 3.05) is 13.1 Å². The number of likely N-dealkylation sites (tertiary alicyclic amines) is 1. The van der Waals surface area contributed by atoms with Gasteiger partial charge in [0.2, 0.25) is 5.91 Å². The second-order valence-corrected chi connectivity index (χ2v) is 6.29. The first-order chi connectivity index (χ1) is 8.63. The average molecular weight is 251 g/mol. The van der Waals surface area contributed by atoms with E-state index in [4.69, 9.17) is 5.11 Å². The predicted molar refractivity (Wildman–Crippen MR) is 65.9 cm³/mol. The molecule has 1 aliphatic heterocycles. The van der Waals surface area contributed by atoms with Crippen LogP contribution in [0.25, 0.3) is 0 Å². The molecule has 2 saturated carbocycles. The van der Waals surface area contributed by atoms with E-state index in [2.05, 4.69) is 0 Å². The number of carboxylic acid groups (broad SMARTS) is 1. The number of hydrogen-bond donors (Lipinski definition) is 1. The van der Waals surface area contributed by atoms with Crippen LogP contribution in [0.4, 0.5) is 0 Å². The molecule has 0 bridgehead atoms. The Kier molecular flexibility index (Phi) is 3.04. The molecule has 1 heterocycles. The van der Waals surface area contributed by atoms with Crippen molar-refractivity contribution >= 4 is 11.9 Å². The van der Waals surface area contributed by atoms with Crippen molar-refractivity contribution in [3.05, 3.63) is 0 Å². The van der Waals surface area contributed by atoms with Crippen LogP contribution in [0.3, 0.4) is 0 Å². The van der Waals surface area contributed by atoms with Crippen molar-refractivity contribution < 1.29 is 14.7 Å². The Labute approximate surface area is 107 Å². The molecular weight excluding hydrogens is 230 g/mol. The van der Waals surface area contributed by atoms with E-state index in [0.29, 0.717) is 5.91 Å². The molecule has 2 aliphatic carbocycles. The topological polar surface area (TPSA) is 57.6 Å². The molecule has 0 aromatic heterocycles. The number of rotatable bonds is 3. The molecule has 4 nitrogen and oxygen atoms in total. The number of aliphatic carboxylic acids is 1. The van der Waals surface area contributed by atoms with Gasteiger partial charge in [-0.2, -0.15) is 0 Å². The molecule has 100 valence electrons. The van der Waals surface area contributed by atoms with Crippen LogP contribution in [-0.2, 0) is 9.59 Å². The third-order valence-electron chi connectivity index (χ3n) is 4.98. The summed E-state index contributed by atoms with van der Waals surface area (Å²) in [6.07, 6.45) is 5.55. The van der Waals surface area contributed by atoms with Gasteiger partial charge in [-0.05, 0) is 49.9 Å². The van der Waals surface area contributed by atoms with Crippen LogP contribution >= 0.6 is 0 Å². The fourth-order valence-electron chi connectivity index (χ4n) is 3.78. The summed E-state index contributed by atoms with van der Waals surface area (Å²) in [5.41, 5.74) is 0. The molecule has 3 aliphatic rings. The average Bonchev–Trinajstić information content (AvgIpc) is 2.95. The van der Waals surface area contributed by atoms with Gasteiger partial charge in [-0.15, -0.1) is 0 Å². The zero-order valence-electron chi connectivity index (χ0n) is 10.7. The van der Waals surface area contributed by atoms with Crippen molar-refractivity contribution in [2.24, 2.45) is 23.7 Å². The number of nitrogens with zero attached hydrogens (tertiary/aromatic N) is 1. The molecular formula is C14H21NO3. The van der Waals surface area contributed by atoms with Gasteiger partial charge in [-0.1, -0.05) is 0 Å². The summed E-state index contributed by atoms with van der Waals surface area (Å²) in [6, 6.07) is 0. The first-order valence-electron chi connectivity index (χ1n) is 7.14. The Hall–Kier alpha value is -1.06. The maximum Gasteiger partial charge on any atom is 0.303 e. The summed E-state index contributed by atoms with van der Waals surface area (Å²) in [7, 11) is 0. The van der Waals surface area contributed by atoms with E-state index in [1.165, 1.54) is 6.42 Å². The monoisotopic (exact) mass is 251 g/mol. The van der Waals surface area contributed by atoms with E-state index in [9.17, 15) is 9.59 Å². The van der Waals surface area contributed by atoms with Crippen LogP contribution in [0.5, 0.6) is 0 Å². The summed E-state index contributed by atoms with van der Waals surface area (Å²) >= 11 is 0. The molecule has 0 aromatic rings. The van der Waals surface area contributed by atoms with Crippen LogP contribution in [0.1, 0.15) is 38.5 Å². The Balaban J connectivity index is 1.47. The summed E-state index contributed by atoms with van der Waals surface area (Å²) in [5, 5.41) is 8.77. The van der Waals surface area contributed by atoms with Gasteiger partial charge in [0.15, 0.2) is 0 Å². The lowest BCUT2D eigenvalue weighted by atomic mass is 9.92. The first-order valence-corrected chi connectivity index (χ1v) is 7.14. The van der Waals surface area contributed by atoms with E-state index >= 15 is 0 Å². The summed E-state index contributed by atoms with van der Waals surface area (Å²) in [4.78, 5) is 24.9. The highest BCUT2D eigenvalue weighted by Crippen LogP contribution is 2.54. The molecule has 0 radical (unpaired) electrons. The molecule has 2 atom stereocenters. The van der Waals surface area contributed by atoms with Gasteiger partial charge in [-0.3, -0.25) is 9.59 Å². The maximum absolute atomic E-state index is 12.3. The summed E-state index contributed by atoms with van der Waals surface area (Å²) in [6.45, 7) is 1.53. The molecule has 1 N–H and O–H groups in total. The maximum atomic E-state index is 12.3. The van der Waals surface area contributed by atoms with Gasteiger partial charge in [0.05, 0.1) is 0 Å². The lowest BCUT2D eigenvalue weighted by Gasteiger charge is -2.33. The number of fused-ring (bicyclic) bond motifs is 1. The van der Waals surface area contributed by atoms with Crippen LogP contribution in [0, 0.1) is 23.7 Å². The number of hydrogen-bond acceptors (Lipinski definition) is 2. The zero-order valence-corrected chi connectivity index (χ0v) is 10.7. The largest absolute Gasteiger partial charge is 0.481 e. The molecule has 1 saturated heterocycles. The molecule has 2 unspecified atom stereocenters. The van der Waals surface area contributed by atoms with E-state index < -0.39 is 5.97 Å². The highest BCUT2D eigenvalue weighted by atomic mass is 16.4. The van der Waals surface area contributed by atoms with Gasteiger partial charge >= 0.3 is 5.97 Å². The van der Waals surface area contributed by atoms with Crippen molar-refractivity contribution in [1.82, 2.24) is 4.90 Å². The third-order valence-corrected chi connectivity index (χ3v) is 4.98. The van der Waals surface area contributed by atoms with Crippen LogP contribution in [-0.4, -0.2) is 35.0 Å². The fourth-order valence-corrected chi connectivity index (χ4v) is 3.78. The number of carboxylic acids is 1. The van der Waals surface area contributed by atoms with Crippen molar-refractivity contribution in [2.45, 2.75) is 38.5 Å². The second-order valence-electron chi connectivity index (χ2n) is 6.29. The van der Waals surface area contributed by atoms with Gasteiger partial charge in [0.25, 0.3) is 0 Å². The summed E-state index contributed by atoms with van der Waals surface area (Å²) < 4.78 is 0. The minimum Gasteiger partial charge on any atom is -0.481 e. The normalized spacial score (nSPS) is 35.3. The minimum absolute atomic E-state index is 0.260. The van der Waals surface area contributed by atoms with Gasteiger partial charge in [-0.25, -0.2) is 0 Å². The molecule has 0 spiro atoms. The standard InChI is InChI=1S/C14H21NO3/c16-13(17)5-9-1-3-15(4-2-9)14(18)12-7-10-6-11(10)8-12/h9-12H,1-8H2,(H,16,17). The first kappa shape index (κ1) is 12.0. The molecule has 18 heavy (non-hydrogen) atoms. The van der Waals surface area contributed by atoms with Gasteiger partial charge in [0.1, 0.15) is 0 Å². The van der Waals surface area contributed by atoms with Crippen LogP contribution in [0.15, 0.2) is 0 Å². The van der Waals surface area contributed by atoms with Crippen molar-refractivity contribution in [1.29, 1.82) is 0 Å². The molecule has 1 amide bonds. The SMILES string of the molecule is O=C(O)CC1CCN(C(=O)C2CC3CC3C2)CC1. The quantitative estimate of drug-likeness (QED) is 0.831. The van der Waals surface area contributed by atoms with E-state index in [1.54, 1.807) is 0 Å². The van der Waals surface area contributed by atoms with Crippen LogP contribution in [0.2, 0.25) is 0 Å². The Bertz CT molecular complexity index is 350. The van der Waals surface area contributed by atoms with Crippen molar-refractivity contribution in [3.63, 3.8) is 0 Å². The number of piperidine rings is 1. The highest BCUT2D eigenvalue weighted by molar-refractivity contribution is 5.79. The van der Waals surface area contributed by atoms with Crippen LogP contribution < -0.4 is 0 Å². The molecule has 4 heteroatoms. The second kappa shape index (κ2) is 4.56. The molecule has 3 fully saturated rings. The Morgan fingerprint density at radius 1 is 1.06 bits per heavy atom.